The molecule has 0 aromatic carbocycles. The molecule has 0 amide bonds. The van der Waals surface area contributed by atoms with Gasteiger partial charge in [-0.05, 0) is 25.7 Å². The Morgan fingerprint density at radius 3 is 2.85 bits per heavy atom. The first-order valence-electron chi connectivity index (χ1n) is 5.00. The molecule has 4 unspecified atom stereocenters. The third kappa shape index (κ3) is 1.44. The fraction of sp³-hybridized carbons (Fsp3) is 0.900. The minimum absolute atomic E-state index is 0.0437. The molecular weight excluding hydrogens is 167 g/mol. The van der Waals surface area contributed by atoms with Gasteiger partial charge in [-0.15, -0.1) is 0 Å². The fourth-order valence-corrected chi connectivity index (χ4v) is 2.63. The van der Waals surface area contributed by atoms with Crippen molar-refractivity contribution in [3.05, 3.63) is 0 Å². The maximum atomic E-state index is 13.3. The van der Waals surface area contributed by atoms with Crippen LogP contribution in [0.5, 0.6) is 0 Å². The number of nitriles is 1. The first kappa shape index (κ1) is 8.96. The third-order valence-corrected chi connectivity index (χ3v) is 3.53. The van der Waals surface area contributed by atoms with Crippen LogP contribution in [0.2, 0.25) is 0 Å². The van der Waals surface area contributed by atoms with Crippen molar-refractivity contribution >= 4 is 0 Å². The number of likely N-dealkylation sites (tertiary alicyclic amines) is 1. The average Bonchev–Trinajstić information content (AvgIpc) is 2.67. The SMILES string of the molecule is CC(C#N)N1CC2CCC(F)C2C1. The topological polar surface area (TPSA) is 27.0 Å². The summed E-state index contributed by atoms with van der Waals surface area (Å²) in [4.78, 5) is 2.11. The summed E-state index contributed by atoms with van der Waals surface area (Å²) in [5.74, 6) is 0.738. The normalized spacial score (nSPS) is 41.5. The summed E-state index contributed by atoms with van der Waals surface area (Å²) < 4.78 is 13.3. The van der Waals surface area contributed by atoms with Gasteiger partial charge >= 0.3 is 0 Å². The minimum Gasteiger partial charge on any atom is -0.288 e. The Hall–Kier alpha value is -0.620. The summed E-state index contributed by atoms with van der Waals surface area (Å²) in [5.41, 5.74) is 0. The van der Waals surface area contributed by atoms with Crippen LogP contribution in [0.3, 0.4) is 0 Å². The molecule has 72 valence electrons. The van der Waals surface area contributed by atoms with Crippen molar-refractivity contribution in [3.63, 3.8) is 0 Å². The van der Waals surface area contributed by atoms with Gasteiger partial charge in [0.25, 0.3) is 0 Å². The van der Waals surface area contributed by atoms with Crippen LogP contribution in [0.25, 0.3) is 0 Å². The van der Waals surface area contributed by atoms with Crippen LogP contribution in [0.15, 0.2) is 0 Å². The zero-order valence-electron chi connectivity index (χ0n) is 7.91. The molecule has 13 heavy (non-hydrogen) atoms. The molecule has 4 atom stereocenters. The zero-order valence-corrected chi connectivity index (χ0v) is 7.91. The van der Waals surface area contributed by atoms with E-state index in [1.54, 1.807) is 0 Å². The van der Waals surface area contributed by atoms with E-state index < -0.39 is 6.17 Å². The zero-order chi connectivity index (χ0) is 9.42. The summed E-state index contributed by atoms with van der Waals surface area (Å²) in [7, 11) is 0. The maximum Gasteiger partial charge on any atom is 0.104 e. The van der Waals surface area contributed by atoms with E-state index in [9.17, 15) is 4.39 Å². The fourth-order valence-electron chi connectivity index (χ4n) is 2.63. The quantitative estimate of drug-likeness (QED) is 0.615. The van der Waals surface area contributed by atoms with E-state index in [0.717, 1.165) is 25.9 Å². The van der Waals surface area contributed by atoms with Crippen molar-refractivity contribution in [1.29, 1.82) is 5.26 Å². The molecule has 2 nitrogen and oxygen atoms in total. The third-order valence-electron chi connectivity index (χ3n) is 3.53. The Balaban J connectivity index is 1.99. The lowest BCUT2D eigenvalue weighted by Gasteiger charge is -2.19. The van der Waals surface area contributed by atoms with Crippen molar-refractivity contribution in [2.45, 2.75) is 32.0 Å². The van der Waals surface area contributed by atoms with E-state index in [-0.39, 0.29) is 12.0 Å². The molecule has 2 fully saturated rings. The highest BCUT2D eigenvalue weighted by atomic mass is 19.1. The first-order valence-corrected chi connectivity index (χ1v) is 5.00. The molecule has 1 heterocycles. The highest BCUT2D eigenvalue weighted by molar-refractivity contribution is 4.99. The van der Waals surface area contributed by atoms with Crippen molar-refractivity contribution in [2.24, 2.45) is 11.8 Å². The molecule has 0 spiro atoms. The molecule has 1 saturated heterocycles. The van der Waals surface area contributed by atoms with E-state index in [4.69, 9.17) is 5.26 Å². The second kappa shape index (κ2) is 3.26. The number of fused-ring (bicyclic) bond motifs is 1. The Morgan fingerprint density at radius 2 is 2.23 bits per heavy atom. The smallest absolute Gasteiger partial charge is 0.104 e. The summed E-state index contributed by atoms with van der Waals surface area (Å²) in [6.45, 7) is 3.62. The average molecular weight is 182 g/mol. The lowest BCUT2D eigenvalue weighted by Crippen LogP contribution is -2.31. The van der Waals surface area contributed by atoms with Crippen LogP contribution < -0.4 is 0 Å². The van der Waals surface area contributed by atoms with Gasteiger partial charge in [-0.2, -0.15) is 5.26 Å². The van der Waals surface area contributed by atoms with E-state index in [0.29, 0.717) is 5.92 Å². The van der Waals surface area contributed by atoms with Crippen molar-refractivity contribution in [3.8, 4) is 6.07 Å². The van der Waals surface area contributed by atoms with E-state index in [1.807, 2.05) is 6.92 Å². The lowest BCUT2D eigenvalue weighted by atomic mass is 10.0. The molecule has 0 aromatic heterocycles. The number of nitrogens with zero attached hydrogens (tertiary/aromatic N) is 2. The highest BCUT2D eigenvalue weighted by Crippen LogP contribution is 2.40. The van der Waals surface area contributed by atoms with Crippen LogP contribution in [-0.2, 0) is 0 Å². The number of alkyl halides is 1. The maximum absolute atomic E-state index is 13.3. The number of rotatable bonds is 1. The van der Waals surface area contributed by atoms with Crippen LogP contribution >= 0.6 is 0 Å². The molecular formula is C10H15FN2. The Bertz CT molecular complexity index is 236. The molecule has 0 radical (unpaired) electrons. The Morgan fingerprint density at radius 1 is 1.46 bits per heavy atom. The molecule has 0 N–H and O–H groups in total. The number of halogens is 1. The Kier molecular flexibility index (Phi) is 2.25. The summed E-state index contributed by atoms with van der Waals surface area (Å²) >= 11 is 0. The lowest BCUT2D eigenvalue weighted by molar-refractivity contribution is 0.224. The van der Waals surface area contributed by atoms with Crippen molar-refractivity contribution < 1.29 is 4.39 Å². The summed E-state index contributed by atoms with van der Waals surface area (Å²) in [5, 5.41) is 8.74. The van der Waals surface area contributed by atoms with Crippen molar-refractivity contribution in [2.75, 3.05) is 13.1 Å². The molecule has 3 heteroatoms. The van der Waals surface area contributed by atoms with Gasteiger partial charge in [0.15, 0.2) is 0 Å². The molecule has 0 aromatic rings. The second-order valence-electron chi connectivity index (χ2n) is 4.28. The van der Waals surface area contributed by atoms with E-state index in [1.165, 1.54) is 0 Å². The van der Waals surface area contributed by atoms with Gasteiger partial charge in [0, 0.05) is 19.0 Å². The molecule has 1 aliphatic carbocycles. The van der Waals surface area contributed by atoms with Crippen molar-refractivity contribution in [1.82, 2.24) is 4.90 Å². The minimum atomic E-state index is -0.610. The second-order valence-corrected chi connectivity index (χ2v) is 4.28. The predicted octanol–water partition coefficient (Wildman–Crippen LogP) is 1.58. The molecule has 0 bridgehead atoms. The highest BCUT2D eigenvalue weighted by Gasteiger charge is 2.43. The van der Waals surface area contributed by atoms with Gasteiger partial charge in [0.1, 0.15) is 6.17 Å². The van der Waals surface area contributed by atoms with Gasteiger partial charge in [0.05, 0.1) is 12.1 Å². The summed E-state index contributed by atoms with van der Waals surface area (Å²) in [6.07, 6.45) is 1.14. The number of hydrogen-bond donors (Lipinski definition) is 0. The van der Waals surface area contributed by atoms with Gasteiger partial charge in [-0.3, -0.25) is 4.90 Å². The Labute approximate surface area is 78.3 Å². The molecule has 2 aliphatic rings. The molecule has 1 aliphatic heterocycles. The van der Waals surface area contributed by atoms with E-state index in [2.05, 4.69) is 11.0 Å². The van der Waals surface area contributed by atoms with Gasteiger partial charge in [-0.25, -0.2) is 4.39 Å². The van der Waals surface area contributed by atoms with Crippen LogP contribution in [0, 0.1) is 23.2 Å². The monoisotopic (exact) mass is 182 g/mol. The largest absolute Gasteiger partial charge is 0.288 e. The first-order chi connectivity index (χ1) is 6.22. The molecule has 1 saturated carbocycles. The number of hydrogen-bond acceptors (Lipinski definition) is 2. The molecule has 2 rings (SSSR count). The predicted molar refractivity (Wildman–Crippen MR) is 47.8 cm³/mol. The van der Waals surface area contributed by atoms with E-state index >= 15 is 0 Å². The van der Waals surface area contributed by atoms with Gasteiger partial charge in [0.2, 0.25) is 0 Å². The summed E-state index contributed by atoms with van der Waals surface area (Å²) in [6, 6.07) is 2.17. The van der Waals surface area contributed by atoms with Crippen LogP contribution in [0.1, 0.15) is 19.8 Å². The van der Waals surface area contributed by atoms with Crippen LogP contribution in [-0.4, -0.2) is 30.2 Å². The van der Waals surface area contributed by atoms with Gasteiger partial charge in [-0.1, -0.05) is 0 Å². The van der Waals surface area contributed by atoms with Gasteiger partial charge < -0.3 is 0 Å². The standard InChI is InChI=1S/C10H15FN2/c1-7(4-12)13-5-8-2-3-10(11)9(8)6-13/h7-10H,2-3,5-6H2,1H3. The van der Waals surface area contributed by atoms with Crippen LogP contribution in [0.4, 0.5) is 4.39 Å².